The third-order valence-electron chi connectivity index (χ3n) is 4.73. The number of hydrogen-bond acceptors (Lipinski definition) is 4. The van der Waals surface area contributed by atoms with E-state index in [9.17, 15) is 0 Å². The summed E-state index contributed by atoms with van der Waals surface area (Å²) in [4.78, 5) is 0. The summed E-state index contributed by atoms with van der Waals surface area (Å²) < 4.78 is 12.3. The first-order chi connectivity index (χ1) is 12.4. The summed E-state index contributed by atoms with van der Waals surface area (Å²) in [7, 11) is -6.21. The molecule has 0 aromatic heterocycles. The van der Waals surface area contributed by atoms with Crippen LogP contribution in [0.3, 0.4) is 0 Å². The molecule has 168 valence electrons. The fourth-order valence-electron chi connectivity index (χ4n) is 3.56. The lowest BCUT2D eigenvalue weighted by atomic mass is 10.5. The lowest BCUT2D eigenvalue weighted by Crippen LogP contribution is -2.67. The van der Waals surface area contributed by atoms with Crippen LogP contribution in [0.1, 0.15) is 26.7 Å². The highest BCUT2D eigenvalue weighted by Crippen LogP contribution is 2.83. The van der Waals surface area contributed by atoms with Crippen molar-refractivity contribution in [3.05, 3.63) is 0 Å². The molecule has 1 aliphatic rings. The molecule has 28 heavy (non-hydrogen) atoms. The maximum absolute atomic E-state index is 3.14. The largest absolute Gasteiger partial charge is 0.280 e. The fourth-order valence-corrected chi connectivity index (χ4v) is 29.7. The number of nitrogens with zero attached hydrogens (tertiary/aromatic N) is 4. The molecule has 1 aliphatic heterocycles. The van der Waals surface area contributed by atoms with Crippen LogP contribution >= 0.6 is 16.7 Å². The van der Waals surface area contributed by atoms with E-state index < -0.39 is 32.9 Å². The highest BCUT2D eigenvalue weighted by atomic mass is 31.3. The second-order valence-corrected chi connectivity index (χ2v) is 37.9. The van der Waals surface area contributed by atoms with E-state index in [0.717, 1.165) is 0 Å². The maximum Gasteiger partial charge on any atom is 0.134 e. The third kappa shape index (κ3) is 6.30. The third-order valence-corrected chi connectivity index (χ3v) is 29.2. The molecule has 1 saturated heterocycles. The van der Waals surface area contributed by atoms with Crippen LogP contribution in [0.2, 0.25) is 78.6 Å². The van der Waals surface area contributed by atoms with Crippen molar-refractivity contribution in [2.75, 3.05) is 13.1 Å². The Hall–Kier alpha value is 1.57. The van der Waals surface area contributed by atoms with Gasteiger partial charge >= 0.3 is 0 Å². The molecule has 0 aromatic carbocycles. The molecule has 10 heteroatoms. The van der Waals surface area contributed by atoms with Crippen molar-refractivity contribution >= 4 is 49.7 Å². The Labute approximate surface area is 184 Å². The van der Waals surface area contributed by atoms with Crippen LogP contribution in [-0.2, 0) is 0 Å². The Bertz CT molecular complexity index is 458. The first kappa shape index (κ1) is 27.6. The van der Waals surface area contributed by atoms with Gasteiger partial charge in [0.2, 0.25) is 0 Å². The molecule has 0 aliphatic carbocycles. The molecule has 0 bridgehead atoms. The lowest BCUT2D eigenvalue weighted by Gasteiger charge is -2.71. The SMILES string of the molecule is CCCN(P1N([Si](C)(C)C)P(N(CCC)[Si](C)(C)C)N1[Si](C)(C)C)[Si](C)(C)C. The highest BCUT2D eigenvalue weighted by Gasteiger charge is 2.62. The van der Waals surface area contributed by atoms with Crippen LogP contribution in [0.4, 0.5) is 0 Å². The lowest BCUT2D eigenvalue weighted by molar-refractivity contribution is 0.536. The van der Waals surface area contributed by atoms with Crippen LogP contribution in [0.25, 0.3) is 0 Å². The standard InChI is InChI=1S/C18H50N4P2Si4/c1-15-17-19(25(3,4)5)23-21(27(9,10)11)24(22(23)28(12,13)14)20(18-16-2)26(6,7)8/h15-18H2,1-14H3. The smallest absolute Gasteiger partial charge is 0.134 e. The monoisotopic (exact) mass is 496 g/mol. The molecule has 0 spiro atoms. The predicted molar refractivity (Wildman–Crippen MR) is 145 cm³/mol. The van der Waals surface area contributed by atoms with Crippen LogP contribution in [0, 0.1) is 0 Å². The minimum atomic E-state index is -1.43. The van der Waals surface area contributed by atoms with Crippen molar-refractivity contribution in [2.45, 2.75) is 105 Å². The molecule has 4 nitrogen and oxygen atoms in total. The van der Waals surface area contributed by atoms with Gasteiger partial charge in [0.05, 0.1) is 0 Å². The van der Waals surface area contributed by atoms with E-state index in [-0.39, 0.29) is 16.7 Å². The molecular weight excluding hydrogens is 447 g/mol. The van der Waals surface area contributed by atoms with Gasteiger partial charge in [-0.15, -0.1) is 0 Å². The van der Waals surface area contributed by atoms with Crippen molar-refractivity contribution in [1.82, 2.24) is 16.9 Å². The topological polar surface area (TPSA) is 13.0 Å². The Morgan fingerprint density at radius 3 is 0.929 bits per heavy atom. The van der Waals surface area contributed by atoms with Gasteiger partial charge in [0.1, 0.15) is 49.7 Å². The Balaban J connectivity index is 3.58. The number of rotatable bonds is 10. The van der Waals surface area contributed by atoms with Crippen LogP contribution in [0.5, 0.6) is 0 Å². The summed E-state index contributed by atoms with van der Waals surface area (Å²) in [5, 5.41) is 0. The van der Waals surface area contributed by atoms with Gasteiger partial charge in [0, 0.05) is 0 Å². The van der Waals surface area contributed by atoms with E-state index in [0.29, 0.717) is 0 Å². The molecule has 0 unspecified atom stereocenters. The summed E-state index contributed by atoms with van der Waals surface area (Å²) in [6.45, 7) is 38.3. The first-order valence-electron chi connectivity index (χ1n) is 11.1. The molecule has 1 fully saturated rings. The molecular formula is C18H50N4P2Si4. The van der Waals surface area contributed by atoms with E-state index in [1.807, 2.05) is 0 Å². The first-order valence-corrected chi connectivity index (χ1v) is 27.3. The van der Waals surface area contributed by atoms with Gasteiger partial charge in [0.25, 0.3) is 0 Å². The molecule has 0 radical (unpaired) electrons. The molecule has 0 aromatic rings. The second kappa shape index (κ2) is 9.60. The van der Waals surface area contributed by atoms with Gasteiger partial charge in [0.15, 0.2) is 0 Å². The fraction of sp³-hybridized carbons (Fsp3) is 1.00. The zero-order chi connectivity index (χ0) is 22.3. The van der Waals surface area contributed by atoms with Gasteiger partial charge in [-0.1, -0.05) is 92.4 Å². The van der Waals surface area contributed by atoms with Crippen molar-refractivity contribution in [1.29, 1.82) is 0 Å². The van der Waals surface area contributed by atoms with E-state index in [1.54, 1.807) is 0 Å². The zero-order valence-corrected chi connectivity index (χ0v) is 27.3. The average Bonchev–Trinajstić information content (AvgIpc) is 2.38. The molecule has 0 atom stereocenters. The van der Waals surface area contributed by atoms with Crippen molar-refractivity contribution < 1.29 is 0 Å². The molecule has 1 heterocycles. The van der Waals surface area contributed by atoms with E-state index >= 15 is 0 Å². The second-order valence-electron chi connectivity index (χ2n) is 12.0. The van der Waals surface area contributed by atoms with Crippen LogP contribution < -0.4 is 0 Å². The van der Waals surface area contributed by atoms with Gasteiger partial charge in [-0.25, -0.2) is 8.21 Å². The summed E-state index contributed by atoms with van der Waals surface area (Å²) in [5.41, 5.74) is 0. The summed E-state index contributed by atoms with van der Waals surface area (Å²) >= 11 is 0. The normalized spacial score (nSPS) is 23.6. The minimum Gasteiger partial charge on any atom is -0.280 e. The Morgan fingerprint density at radius 2 is 0.786 bits per heavy atom. The Kier molecular flexibility index (Phi) is 9.46. The molecule has 1 rings (SSSR count). The average molecular weight is 497 g/mol. The van der Waals surface area contributed by atoms with Crippen molar-refractivity contribution in [3.63, 3.8) is 0 Å². The van der Waals surface area contributed by atoms with Gasteiger partial charge in [-0.3, -0.25) is 8.67 Å². The van der Waals surface area contributed by atoms with Crippen molar-refractivity contribution in [3.8, 4) is 0 Å². The van der Waals surface area contributed by atoms with E-state index in [4.69, 9.17) is 0 Å². The summed E-state index contributed by atoms with van der Waals surface area (Å²) in [6, 6.07) is 0. The quantitative estimate of drug-likeness (QED) is 0.226. The number of hydrogen-bond donors (Lipinski definition) is 0. The van der Waals surface area contributed by atoms with Gasteiger partial charge < -0.3 is 0 Å². The van der Waals surface area contributed by atoms with Crippen LogP contribution in [-0.4, -0.2) is 62.9 Å². The summed E-state index contributed by atoms with van der Waals surface area (Å²) in [6.07, 6.45) is 2.54. The van der Waals surface area contributed by atoms with Gasteiger partial charge in [-0.05, 0) is 25.9 Å². The summed E-state index contributed by atoms with van der Waals surface area (Å²) in [5.74, 6) is 0. The highest BCUT2D eigenvalue weighted by molar-refractivity contribution is 7.86. The Morgan fingerprint density at radius 1 is 0.536 bits per heavy atom. The minimum absolute atomic E-state index is 0.293. The molecule has 0 N–H and O–H groups in total. The molecule has 0 amide bonds. The molecule has 0 saturated carbocycles. The van der Waals surface area contributed by atoms with Crippen molar-refractivity contribution in [2.24, 2.45) is 0 Å². The predicted octanol–water partition coefficient (Wildman–Crippen LogP) is 7.82. The van der Waals surface area contributed by atoms with Gasteiger partial charge in [-0.2, -0.15) is 0 Å². The van der Waals surface area contributed by atoms with E-state index in [2.05, 4.69) is 109 Å². The van der Waals surface area contributed by atoms with Crippen LogP contribution in [0.15, 0.2) is 0 Å². The van der Waals surface area contributed by atoms with E-state index in [1.165, 1.54) is 25.9 Å². The maximum atomic E-state index is 3.14. The zero-order valence-electron chi connectivity index (χ0n) is 21.5.